The fraction of sp³-hybridized carbons (Fsp3) is 0.600. The highest BCUT2D eigenvalue weighted by Gasteiger charge is 2.29. The van der Waals surface area contributed by atoms with Crippen LogP contribution in [0.3, 0.4) is 0 Å². The van der Waals surface area contributed by atoms with Crippen LogP contribution < -0.4 is 20.1 Å². The molecule has 3 amide bonds. The van der Waals surface area contributed by atoms with Crippen molar-refractivity contribution >= 4 is 11.9 Å². The first-order valence-corrected chi connectivity index (χ1v) is 9.74. The van der Waals surface area contributed by atoms with Crippen molar-refractivity contribution in [3.63, 3.8) is 0 Å². The van der Waals surface area contributed by atoms with Crippen LogP contribution in [-0.2, 0) is 4.79 Å². The number of fused-ring (bicyclic) bond motifs is 1. The normalized spacial score (nSPS) is 19.6. The minimum atomic E-state index is -0.431. The number of benzene rings is 1. The van der Waals surface area contributed by atoms with Gasteiger partial charge < -0.3 is 14.8 Å². The van der Waals surface area contributed by atoms with Crippen LogP contribution >= 0.6 is 0 Å². The summed E-state index contributed by atoms with van der Waals surface area (Å²) in [7, 11) is 0. The van der Waals surface area contributed by atoms with E-state index in [0.717, 1.165) is 42.9 Å². The third-order valence-corrected chi connectivity index (χ3v) is 4.79. The molecule has 0 aromatic heterocycles. The van der Waals surface area contributed by atoms with E-state index >= 15 is 0 Å². The highest BCUT2D eigenvalue weighted by Crippen LogP contribution is 2.37. The van der Waals surface area contributed by atoms with Crippen molar-refractivity contribution in [2.75, 3.05) is 32.8 Å². The van der Waals surface area contributed by atoms with Crippen LogP contribution in [0.1, 0.15) is 44.7 Å². The lowest BCUT2D eigenvalue weighted by Gasteiger charge is -2.24. The second kappa shape index (κ2) is 9.08. The van der Waals surface area contributed by atoms with E-state index in [-0.39, 0.29) is 18.5 Å². The first-order valence-electron chi connectivity index (χ1n) is 9.74. The Hall–Kier alpha value is -2.28. The molecule has 0 aliphatic carbocycles. The molecule has 1 aromatic rings. The SMILES string of the molecule is CC(C)CNC(=O)NC(=O)CN1CCC[C@H]1c1ccc2c(c1)OCCCO2. The van der Waals surface area contributed by atoms with E-state index in [0.29, 0.717) is 25.7 Å². The van der Waals surface area contributed by atoms with Gasteiger partial charge in [-0.25, -0.2) is 4.79 Å². The van der Waals surface area contributed by atoms with Gasteiger partial charge in [0.15, 0.2) is 11.5 Å². The Balaban J connectivity index is 1.59. The Morgan fingerprint density at radius 3 is 2.74 bits per heavy atom. The highest BCUT2D eigenvalue weighted by molar-refractivity contribution is 5.95. The molecule has 0 radical (unpaired) electrons. The molecule has 1 fully saturated rings. The molecule has 2 aliphatic heterocycles. The van der Waals surface area contributed by atoms with Crippen LogP contribution in [0, 0.1) is 5.92 Å². The Morgan fingerprint density at radius 2 is 1.96 bits per heavy atom. The largest absolute Gasteiger partial charge is 0.490 e. The van der Waals surface area contributed by atoms with E-state index in [1.165, 1.54) is 0 Å². The molecule has 7 nitrogen and oxygen atoms in total. The minimum Gasteiger partial charge on any atom is -0.490 e. The van der Waals surface area contributed by atoms with Crippen LogP contribution in [0.2, 0.25) is 0 Å². The van der Waals surface area contributed by atoms with Gasteiger partial charge in [0, 0.05) is 19.0 Å². The van der Waals surface area contributed by atoms with E-state index in [2.05, 4.69) is 15.5 Å². The van der Waals surface area contributed by atoms with Gasteiger partial charge in [0.2, 0.25) is 5.91 Å². The summed E-state index contributed by atoms with van der Waals surface area (Å²) in [6.07, 6.45) is 2.87. The number of imide groups is 1. The summed E-state index contributed by atoms with van der Waals surface area (Å²) in [6.45, 7) is 6.91. The zero-order chi connectivity index (χ0) is 19.2. The lowest BCUT2D eigenvalue weighted by Crippen LogP contribution is -2.45. The standard InChI is InChI=1S/C20H29N3O4/c1-14(2)12-21-20(25)22-19(24)13-23-8-3-5-16(23)15-6-7-17-18(11-15)27-10-4-9-26-17/h6-7,11,14,16H,3-5,8-10,12-13H2,1-2H3,(H2,21,22,24,25)/t16-/m0/s1. The minimum absolute atomic E-state index is 0.145. The van der Waals surface area contributed by atoms with Gasteiger partial charge in [-0.3, -0.25) is 15.0 Å². The molecule has 27 heavy (non-hydrogen) atoms. The fourth-order valence-electron chi connectivity index (χ4n) is 3.47. The number of ether oxygens (including phenoxy) is 2. The number of hydrogen-bond donors (Lipinski definition) is 2. The average Bonchev–Trinajstić information content (AvgIpc) is 2.95. The molecular weight excluding hydrogens is 346 g/mol. The third-order valence-electron chi connectivity index (χ3n) is 4.79. The second-order valence-electron chi connectivity index (χ2n) is 7.54. The number of urea groups is 1. The topological polar surface area (TPSA) is 79.9 Å². The smallest absolute Gasteiger partial charge is 0.321 e. The van der Waals surface area contributed by atoms with Crippen molar-refractivity contribution in [3.8, 4) is 11.5 Å². The zero-order valence-corrected chi connectivity index (χ0v) is 16.1. The van der Waals surface area contributed by atoms with Crippen molar-refractivity contribution in [2.45, 2.75) is 39.2 Å². The molecule has 7 heteroatoms. The number of carbonyl (C=O) groups excluding carboxylic acids is 2. The predicted octanol–water partition coefficient (Wildman–Crippen LogP) is 2.47. The van der Waals surface area contributed by atoms with Gasteiger partial charge in [-0.15, -0.1) is 0 Å². The lowest BCUT2D eigenvalue weighted by atomic mass is 10.0. The molecular formula is C20H29N3O4. The number of nitrogens with zero attached hydrogens (tertiary/aromatic N) is 1. The fourth-order valence-corrected chi connectivity index (χ4v) is 3.47. The Morgan fingerprint density at radius 1 is 1.19 bits per heavy atom. The van der Waals surface area contributed by atoms with E-state index in [1.807, 2.05) is 32.0 Å². The summed E-state index contributed by atoms with van der Waals surface area (Å²) < 4.78 is 11.5. The van der Waals surface area contributed by atoms with Crippen LogP contribution in [0.4, 0.5) is 4.79 Å². The number of hydrogen-bond acceptors (Lipinski definition) is 5. The molecule has 1 atom stereocenters. The van der Waals surface area contributed by atoms with Gasteiger partial charge in [-0.1, -0.05) is 19.9 Å². The Kier molecular flexibility index (Phi) is 6.55. The second-order valence-corrected chi connectivity index (χ2v) is 7.54. The Labute approximate surface area is 160 Å². The summed E-state index contributed by atoms with van der Waals surface area (Å²) in [4.78, 5) is 26.2. The molecule has 2 aliphatic rings. The maximum atomic E-state index is 12.3. The van der Waals surface area contributed by atoms with Crippen molar-refractivity contribution < 1.29 is 19.1 Å². The van der Waals surface area contributed by atoms with E-state index < -0.39 is 6.03 Å². The molecule has 1 aromatic carbocycles. The number of likely N-dealkylation sites (tertiary alicyclic amines) is 1. The van der Waals surface area contributed by atoms with Crippen LogP contribution in [0.15, 0.2) is 18.2 Å². The maximum absolute atomic E-state index is 12.3. The van der Waals surface area contributed by atoms with E-state index in [9.17, 15) is 9.59 Å². The summed E-state index contributed by atoms with van der Waals surface area (Å²) in [5.41, 5.74) is 1.12. The van der Waals surface area contributed by atoms with Crippen molar-refractivity contribution in [2.24, 2.45) is 5.92 Å². The van der Waals surface area contributed by atoms with Gasteiger partial charge in [0.25, 0.3) is 0 Å². The Bertz CT molecular complexity index is 677. The molecule has 148 valence electrons. The van der Waals surface area contributed by atoms with Crippen molar-refractivity contribution in [3.05, 3.63) is 23.8 Å². The van der Waals surface area contributed by atoms with Crippen LogP contribution in [0.25, 0.3) is 0 Å². The van der Waals surface area contributed by atoms with Crippen LogP contribution in [0.5, 0.6) is 11.5 Å². The molecule has 1 saturated heterocycles. The van der Waals surface area contributed by atoms with E-state index in [1.54, 1.807) is 0 Å². The molecule has 2 heterocycles. The van der Waals surface area contributed by atoms with Gasteiger partial charge in [-0.05, 0) is 43.0 Å². The number of carbonyl (C=O) groups is 2. The average molecular weight is 375 g/mol. The molecule has 0 saturated carbocycles. The summed E-state index contributed by atoms with van der Waals surface area (Å²) in [6, 6.07) is 5.73. The van der Waals surface area contributed by atoms with Gasteiger partial charge in [-0.2, -0.15) is 0 Å². The first-order chi connectivity index (χ1) is 13.0. The van der Waals surface area contributed by atoms with Gasteiger partial charge >= 0.3 is 6.03 Å². The maximum Gasteiger partial charge on any atom is 0.321 e. The summed E-state index contributed by atoms with van der Waals surface area (Å²) >= 11 is 0. The lowest BCUT2D eigenvalue weighted by molar-refractivity contribution is -0.121. The van der Waals surface area contributed by atoms with Crippen molar-refractivity contribution in [1.82, 2.24) is 15.5 Å². The van der Waals surface area contributed by atoms with Gasteiger partial charge in [0.05, 0.1) is 19.8 Å². The third kappa shape index (κ3) is 5.35. The van der Waals surface area contributed by atoms with Crippen LogP contribution in [-0.4, -0.2) is 49.7 Å². The monoisotopic (exact) mass is 375 g/mol. The van der Waals surface area contributed by atoms with E-state index in [4.69, 9.17) is 9.47 Å². The van der Waals surface area contributed by atoms with Gasteiger partial charge in [0.1, 0.15) is 0 Å². The molecule has 3 rings (SSSR count). The number of nitrogens with one attached hydrogen (secondary N) is 2. The van der Waals surface area contributed by atoms with Crippen molar-refractivity contribution in [1.29, 1.82) is 0 Å². The predicted molar refractivity (Wildman–Crippen MR) is 102 cm³/mol. The molecule has 0 bridgehead atoms. The molecule has 2 N–H and O–H groups in total. The zero-order valence-electron chi connectivity index (χ0n) is 16.1. The quantitative estimate of drug-likeness (QED) is 0.826. The first kappa shape index (κ1) is 19.5. The summed E-state index contributed by atoms with van der Waals surface area (Å²) in [5, 5.41) is 5.12. The molecule has 0 spiro atoms. The molecule has 0 unspecified atom stereocenters. The highest BCUT2D eigenvalue weighted by atomic mass is 16.5. The number of amides is 3. The number of rotatable bonds is 5. The summed E-state index contributed by atoms with van der Waals surface area (Å²) in [5.74, 6) is 1.61.